The van der Waals surface area contributed by atoms with Crippen molar-refractivity contribution in [1.29, 1.82) is 0 Å². The fourth-order valence-corrected chi connectivity index (χ4v) is 3.39. The molecule has 0 radical (unpaired) electrons. The zero-order valence-electron chi connectivity index (χ0n) is 16.0. The lowest BCUT2D eigenvalue weighted by atomic mass is 10.2. The third kappa shape index (κ3) is 5.81. The van der Waals surface area contributed by atoms with Crippen molar-refractivity contribution >= 4 is 27.6 Å². The molecule has 0 saturated heterocycles. The molecule has 2 rings (SSSR count). The van der Waals surface area contributed by atoms with E-state index in [2.05, 4.69) is 5.32 Å². The van der Waals surface area contributed by atoms with Gasteiger partial charge in [0.25, 0.3) is 5.91 Å². The van der Waals surface area contributed by atoms with Crippen LogP contribution < -0.4 is 5.32 Å². The smallest absolute Gasteiger partial charge is 0.322 e. The molecule has 10 heteroatoms. The Bertz CT molecular complexity index is 1010. The van der Waals surface area contributed by atoms with E-state index >= 15 is 0 Å². The minimum Gasteiger partial charge on any atom is -0.452 e. The zero-order valence-corrected chi connectivity index (χ0v) is 16.8. The van der Waals surface area contributed by atoms with Crippen LogP contribution in [0.3, 0.4) is 0 Å². The average Bonchev–Trinajstić information content (AvgIpc) is 2.64. The first kappa shape index (κ1) is 22.4. The number of benzene rings is 2. The minimum absolute atomic E-state index is 0.0102. The maximum Gasteiger partial charge on any atom is 0.322 e. The van der Waals surface area contributed by atoms with Gasteiger partial charge in [0.1, 0.15) is 18.2 Å². The molecule has 1 N–H and O–H groups in total. The monoisotopic (exact) mass is 426 g/mol. The summed E-state index contributed by atoms with van der Waals surface area (Å²) in [5.74, 6) is -3.61. The van der Waals surface area contributed by atoms with E-state index < -0.39 is 46.2 Å². The van der Waals surface area contributed by atoms with Crippen molar-refractivity contribution in [2.75, 3.05) is 18.9 Å². The highest BCUT2D eigenvalue weighted by atomic mass is 32.2. The number of aryl methyl sites for hydroxylation is 1. The molecule has 0 aliphatic rings. The average molecular weight is 426 g/mol. The minimum atomic E-state index is -3.92. The van der Waals surface area contributed by atoms with E-state index in [0.717, 1.165) is 22.0 Å². The second kappa shape index (κ2) is 9.10. The summed E-state index contributed by atoms with van der Waals surface area (Å²) in [7, 11) is -2.71. The number of ether oxygens (including phenoxy) is 1. The van der Waals surface area contributed by atoms with Gasteiger partial charge in [-0.15, -0.1) is 0 Å². The molecule has 0 aliphatic heterocycles. The molecule has 0 bridgehead atoms. The second-order valence-corrected chi connectivity index (χ2v) is 8.36. The Morgan fingerprint density at radius 1 is 1.14 bits per heavy atom. The lowest BCUT2D eigenvalue weighted by molar-refractivity contribution is -0.153. The first-order valence-electron chi connectivity index (χ1n) is 8.49. The van der Waals surface area contributed by atoms with Crippen LogP contribution >= 0.6 is 0 Å². The van der Waals surface area contributed by atoms with Crippen molar-refractivity contribution in [1.82, 2.24) is 4.31 Å². The van der Waals surface area contributed by atoms with E-state index in [-0.39, 0.29) is 10.6 Å². The summed E-state index contributed by atoms with van der Waals surface area (Å²) < 4.78 is 57.1. The Kier molecular flexibility index (Phi) is 7.04. The van der Waals surface area contributed by atoms with E-state index in [1.807, 2.05) is 6.92 Å². The largest absolute Gasteiger partial charge is 0.452 e. The number of nitrogens with zero attached hydrogens (tertiary/aromatic N) is 1. The van der Waals surface area contributed by atoms with Crippen LogP contribution in [0.4, 0.5) is 14.5 Å². The van der Waals surface area contributed by atoms with Gasteiger partial charge in [-0.25, -0.2) is 17.2 Å². The van der Waals surface area contributed by atoms with Gasteiger partial charge in [0.15, 0.2) is 6.10 Å². The van der Waals surface area contributed by atoms with Crippen LogP contribution in [-0.4, -0.2) is 44.3 Å². The number of hydrogen-bond acceptors (Lipinski definition) is 5. The maximum absolute atomic E-state index is 13.6. The van der Waals surface area contributed by atoms with Gasteiger partial charge in [0.2, 0.25) is 10.0 Å². The van der Waals surface area contributed by atoms with E-state index in [1.54, 1.807) is 12.1 Å². The summed E-state index contributed by atoms with van der Waals surface area (Å²) in [4.78, 5) is 24.1. The van der Waals surface area contributed by atoms with E-state index in [0.29, 0.717) is 6.07 Å². The molecule has 156 valence electrons. The van der Waals surface area contributed by atoms with Crippen molar-refractivity contribution in [2.24, 2.45) is 0 Å². The highest BCUT2D eigenvalue weighted by Gasteiger charge is 2.26. The molecule has 0 heterocycles. The van der Waals surface area contributed by atoms with Crippen molar-refractivity contribution in [3.63, 3.8) is 0 Å². The number of esters is 1. The van der Waals surface area contributed by atoms with Gasteiger partial charge in [-0.3, -0.25) is 9.59 Å². The molecule has 0 saturated carbocycles. The molecule has 2 aromatic carbocycles. The van der Waals surface area contributed by atoms with Gasteiger partial charge in [-0.2, -0.15) is 4.31 Å². The first-order valence-corrected chi connectivity index (χ1v) is 9.93. The summed E-state index contributed by atoms with van der Waals surface area (Å²) in [6.45, 7) is 2.42. The van der Waals surface area contributed by atoms with Crippen LogP contribution in [0.25, 0.3) is 0 Å². The molecule has 0 spiro atoms. The number of halogens is 2. The number of carbonyl (C=O) groups excluding carboxylic acids is 2. The topological polar surface area (TPSA) is 92.8 Å². The van der Waals surface area contributed by atoms with Gasteiger partial charge in [0.05, 0.1) is 10.6 Å². The molecule has 0 aromatic heterocycles. The Balaban J connectivity index is 1.96. The van der Waals surface area contributed by atoms with Crippen molar-refractivity contribution in [2.45, 2.75) is 24.8 Å². The summed E-state index contributed by atoms with van der Waals surface area (Å²) in [5.41, 5.74) is 0.599. The lowest BCUT2D eigenvalue weighted by Crippen LogP contribution is -2.37. The first-order chi connectivity index (χ1) is 13.5. The van der Waals surface area contributed by atoms with Gasteiger partial charge in [-0.05, 0) is 38.1 Å². The van der Waals surface area contributed by atoms with Crippen LogP contribution in [0, 0.1) is 18.6 Å². The molecule has 0 fully saturated rings. The number of likely N-dealkylation sites (N-methyl/N-ethyl adjacent to an activating group) is 1. The molecule has 2 aromatic rings. The predicted molar refractivity (Wildman–Crippen MR) is 102 cm³/mol. The quantitative estimate of drug-likeness (QED) is 0.687. The number of carbonyl (C=O) groups is 2. The van der Waals surface area contributed by atoms with Crippen molar-refractivity contribution < 1.29 is 31.5 Å². The second-order valence-electron chi connectivity index (χ2n) is 6.32. The normalized spacial score (nSPS) is 12.5. The van der Waals surface area contributed by atoms with Crippen LogP contribution in [0.2, 0.25) is 0 Å². The van der Waals surface area contributed by atoms with E-state index in [1.165, 1.54) is 26.1 Å². The molecule has 0 aliphatic carbocycles. The molecule has 7 nitrogen and oxygen atoms in total. The molecule has 1 unspecified atom stereocenters. The van der Waals surface area contributed by atoms with E-state index in [4.69, 9.17) is 4.74 Å². The predicted octanol–water partition coefficient (Wildman–Crippen LogP) is 2.46. The van der Waals surface area contributed by atoms with Gasteiger partial charge < -0.3 is 10.1 Å². The van der Waals surface area contributed by atoms with Crippen LogP contribution in [0.1, 0.15) is 12.5 Å². The Morgan fingerprint density at radius 3 is 2.34 bits per heavy atom. The third-order valence-corrected chi connectivity index (χ3v) is 5.76. The highest BCUT2D eigenvalue weighted by molar-refractivity contribution is 7.89. The Morgan fingerprint density at radius 2 is 1.76 bits per heavy atom. The SMILES string of the molecule is Cc1ccc(S(=O)(=O)N(C)CC(=O)OC(C)C(=O)Nc2ccc(F)cc2F)cc1. The highest BCUT2D eigenvalue weighted by Crippen LogP contribution is 2.17. The van der Waals surface area contributed by atoms with Crippen molar-refractivity contribution in [3.05, 3.63) is 59.7 Å². The summed E-state index contributed by atoms with van der Waals surface area (Å²) in [5, 5.41) is 2.17. The summed E-state index contributed by atoms with van der Waals surface area (Å²) in [6.07, 6.45) is -1.33. The standard InChI is InChI=1S/C19H20F2N2O5S/c1-12-4-7-15(8-5-12)29(26,27)23(3)11-18(24)28-13(2)19(25)22-17-9-6-14(20)10-16(17)21/h4-10,13H,11H2,1-3H3,(H,22,25). The zero-order chi connectivity index (χ0) is 21.8. The van der Waals surface area contributed by atoms with Gasteiger partial charge in [-0.1, -0.05) is 17.7 Å². The third-order valence-electron chi connectivity index (χ3n) is 3.95. The summed E-state index contributed by atoms with van der Waals surface area (Å²) >= 11 is 0. The van der Waals surface area contributed by atoms with Crippen molar-refractivity contribution in [3.8, 4) is 0 Å². The fraction of sp³-hybridized carbons (Fsp3) is 0.263. The number of anilines is 1. The molecular weight excluding hydrogens is 406 g/mol. The fourth-order valence-electron chi connectivity index (χ4n) is 2.27. The molecular formula is C19H20F2N2O5S. The molecule has 29 heavy (non-hydrogen) atoms. The van der Waals surface area contributed by atoms with Crippen LogP contribution in [0.5, 0.6) is 0 Å². The Hall–Kier alpha value is -2.85. The van der Waals surface area contributed by atoms with E-state index in [9.17, 15) is 26.8 Å². The maximum atomic E-state index is 13.6. The number of hydrogen-bond donors (Lipinski definition) is 1. The lowest BCUT2D eigenvalue weighted by Gasteiger charge is -2.18. The van der Waals surface area contributed by atoms with Crippen LogP contribution in [-0.2, 0) is 24.3 Å². The van der Waals surface area contributed by atoms with Gasteiger partial charge >= 0.3 is 5.97 Å². The Labute approximate surface area is 167 Å². The molecule has 1 atom stereocenters. The van der Waals surface area contributed by atoms with Gasteiger partial charge in [0, 0.05) is 13.1 Å². The number of rotatable bonds is 7. The summed E-state index contributed by atoms with van der Waals surface area (Å²) in [6, 6.07) is 8.66. The number of nitrogens with one attached hydrogen (secondary N) is 1. The molecule has 1 amide bonds. The number of amides is 1. The number of sulfonamides is 1. The van der Waals surface area contributed by atoms with Crippen LogP contribution in [0.15, 0.2) is 47.4 Å².